The molecular weight excluding hydrogens is 552 g/mol. The number of hydrogen-bond donors (Lipinski definition) is 1. The molecular formula is C36H30N4O4. The minimum Gasteiger partial charge on any atom is -0.497 e. The molecule has 4 heterocycles. The zero-order chi connectivity index (χ0) is 29.7. The van der Waals surface area contributed by atoms with Gasteiger partial charge < -0.3 is 23.9 Å². The molecule has 0 radical (unpaired) electrons. The number of ether oxygens (including phenoxy) is 4. The molecule has 0 saturated heterocycles. The number of pyridine rings is 3. The molecule has 6 aromatic rings. The summed E-state index contributed by atoms with van der Waals surface area (Å²) in [6.07, 6.45) is 9.01. The fraction of sp³-hybridized carbons (Fsp3) is 0.194. The van der Waals surface area contributed by atoms with Gasteiger partial charge in [0.05, 0.1) is 19.9 Å². The topological polar surface area (TPSA) is 91.4 Å². The average molecular weight is 583 g/mol. The highest BCUT2D eigenvalue weighted by molar-refractivity contribution is 6.07. The van der Waals surface area contributed by atoms with Crippen molar-refractivity contribution in [1.82, 2.24) is 19.9 Å². The summed E-state index contributed by atoms with van der Waals surface area (Å²) in [5.41, 5.74) is 6.03. The number of fused-ring (bicyclic) bond motifs is 3. The van der Waals surface area contributed by atoms with Crippen LogP contribution in [-0.4, -0.2) is 45.9 Å². The van der Waals surface area contributed by atoms with Crippen LogP contribution in [0.25, 0.3) is 32.9 Å². The molecule has 0 spiro atoms. The predicted octanol–water partition coefficient (Wildman–Crippen LogP) is 6.74. The zero-order valence-corrected chi connectivity index (χ0v) is 24.2. The Hall–Kier alpha value is -5.39. The molecule has 0 unspecified atom stereocenters. The zero-order valence-electron chi connectivity index (χ0n) is 24.2. The van der Waals surface area contributed by atoms with Gasteiger partial charge in [-0.2, -0.15) is 0 Å². The minimum atomic E-state index is 0.0747. The van der Waals surface area contributed by atoms with Gasteiger partial charge in [0, 0.05) is 64.9 Å². The van der Waals surface area contributed by atoms with Crippen molar-refractivity contribution in [2.24, 2.45) is 0 Å². The number of rotatable bonds is 9. The molecule has 8 heteroatoms. The SMILES string of the molecule is COc1ccc(COCC#Cc2ccc(OC3CC(Oc4ccc(-c5ccc6c(c5)[nH]c5ccncc56)cn4)C3)cn2)cc1. The number of hydrogen-bond acceptors (Lipinski definition) is 7. The summed E-state index contributed by atoms with van der Waals surface area (Å²) >= 11 is 0. The summed E-state index contributed by atoms with van der Waals surface area (Å²) in [7, 11) is 1.65. The molecule has 0 aliphatic heterocycles. The van der Waals surface area contributed by atoms with E-state index in [2.05, 4.69) is 50.0 Å². The second-order valence-corrected chi connectivity index (χ2v) is 10.7. The van der Waals surface area contributed by atoms with Crippen LogP contribution in [0.2, 0.25) is 0 Å². The summed E-state index contributed by atoms with van der Waals surface area (Å²) < 4.78 is 22.9. The van der Waals surface area contributed by atoms with Gasteiger partial charge in [-0.25, -0.2) is 9.97 Å². The summed E-state index contributed by atoms with van der Waals surface area (Å²) in [5, 5.41) is 2.29. The molecule has 1 aliphatic carbocycles. The third-order valence-corrected chi connectivity index (χ3v) is 7.67. The van der Waals surface area contributed by atoms with Crippen LogP contribution in [0.15, 0.2) is 97.6 Å². The van der Waals surface area contributed by atoms with Gasteiger partial charge >= 0.3 is 0 Å². The van der Waals surface area contributed by atoms with Gasteiger partial charge in [0.2, 0.25) is 5.88 Å². The largest absolute Gasteiger partial charge is 0.497 e. The maximum Gasteiger partial charge on any atom is 0.213 e. The summed E-state index contributed by atoms with van der Waals surface area (Å²) in [4.78, 5) is 16.7. The van der Waals surface area contributed by atoms with Crippen LogP contribution in [0, 0.1) is 11.8 Å². The molecule has 44 heavy (non-hydrogen) atoms. The van der Waals surface area contributed by atoms with Gasteiger partial charge in [-0.1, -0.05) is 30.2 Å². The van der Waals surface area contributed by atoms with Crippen molar-refractivity contribution >= 4 is 21.8 Å². The quantitative estimate of drug-likeness (QED) is 0.149. The van der Waals surface area contributed by atoms with Crippen molar-refractivity contribution in [3.05, 3.63) is 109 Å². The molecule has 0 amide bonds. The highest BCUT2D eigenvalue weighted by atomic mass is 16.5. The molecule has 1 fully saturated rings. The molecule has 1 saturated carbocycles. The van der Waals surface area contributed by atoms with Crippen LogP contribution in [0.3, 0.4) is 0 Å². The number of methoxy groups -OCH3 is 1. The number of aromatic nitrogens is 4. The van der Waals surface area contributed by atoms with Crippen molar-refractivity contribution in [2.45, 2.75) is 31.7 Å². The van der Waals surface area contributed by atoms with Crippen LogP contribution < -0.4 is 14.2 Å². The molecule has 1 aliphatic rings. The average Bonchev–Trinajstić information content (AvgIpc) is 3.43. The lowest BCUT2D eigenvalue weighted by Crippen LogP contribution is -2.41. The van der Waals surface area contributed by atoms with E-state index in [1.165, 1.54) is 0 Å². The fourth-order valence-electron chi connectivity index (χ4n) is 5.21. The Morgan fingerprint density at radius 2 is 1.61 bits per heavy atom. The van der Waals surface area contributed by atoms with E-state index in [1.54, 1.807) is 19.5 Å². The lowest BCUT2D eigenvalue weighted by molar-refractivity contribution is 0.00209. The Morgan fingerprint density at radius 1 is 0.773 bits per heavy atom. The molecule has 0 bridgehead atoms. The second-order valence-electron chi connectivity index (χ2n) is 10.7. The van der Waals surface area contributed by atoms with E-state index >= 15 is 0 Å². The molecule has 7 rings (SSSR count). The Labute approximate surface area is 255 Å². The number of nitrogens with zero attached hydrogens (tertiary/aromatic N) is 3. The first-order valence-electron chi connectivity index (χ1n) is 14.5. The lowest BCUT2D eigenvalue weighted by atomic mass is 9.92. The van der Waals surface area contributed by atoms with E-state index in [4.69, 9.17) is 18.9 Å². The van der Waals surface area contributed by atoms with Gasteiger partial charge in [-0.3, -0.25) is 4.98 Å². The standard InChI is InChI=1S/C36H30N4O4/c1-41-28-9-4-24(5-10-28)23-42-16-2-3-27-8-11-29(21-38-27)43-30-18-31(19-30)44-36-13-7-26(20-39-36)25-6-12-32-33-22-37-15-14-34(33)40-35(32)17-25/h4-15,17,20-22,30-31,40H,16,18-19,23H2,1H3. The summed E-state index contributed by atoms with van der Waals surface area (Å²) in [5.74, 6) is 8.20. The van der Waals surface area contributed by atoms with Gasteiger partial charge in [-0.15, -0.1) is 0 Å². The van der Waals surface area contributed by atoms with Gasteiger partial charge in [0.1, 0.15) is 36.0 Å². The monoisotopic (exact) mass is 582 g/mol. The predicted molar refractivity (Wildman–Crippen MR) is 169 cm³/mol. The molecule has 0 atom stereocenters. The van der Waals surface area contributed by atoms with E-state index in [0.29, 0.717) is 24.8 Å². The van der Waals surface area contributed by atoms with Gasteiger partial charge in [-0.05, 0) is 59.5 Å². The van der Waals surface area contributed by atoms with Crippen LogP contribution in [0.4, 0.5) is 0 Å². The van der Waals surface area contributed by atoms with E-state index in [0.717, 1.165) is 62.8 Å². The Balaban J connectivity index is 0.854. The minimum absolute atomic E-state index is 0.0747. The van der Waals surface area contributed by atoms with Crippen molar-refractivity contribution in [3.8, 4) is 40.3 Å². The molecule has 218 valence electrons. The Bertz CT molecular complexity index is 1940. The van der Waals surface area contributed by atoms with Gasteiger partial charge in [0.15, 0.2) is 0 Å². The lowest BCUT2D eigenvalue weighted by Gasteiger charge is -2.34. The van der Waals surface area contributed by atoms with E-state index in [9.17, 15) is 0 Å². The van der Waals surface area contributed by atoms with Crippen molar-refractivity contribution in [1.29, 1.82) is 0 Å². The van der Waals surface area contributed by atoms with Crippen molar-refractivity contribution in [3.63, 3.8) is 0 Å². The molecule has 8 nitrogen and oxygen atoms in total. The van der Waals surface area contributed by atoms with E-state index in [-0.39, 0.29) is 12.2 Å². The van der Waals surface area contributed by atoms with E-state index < -0.39 is 0 Å². The number of aromatic amines is 1. The van der Waals surface area contributed by atoms with Crippen molar-refractivity contribution < 1.29 is 18.9 Å². The van der Waals surface area contributed by atoms with Gasteiger partial charge in [0.25, 0.3) is 0 Å². The first-order chi connectivity index (χ1) is 21.7. The van der Waals surface area contributed by atoms with Crippen molar-refractivity contribution in [2.75, 3.05) is 13.7 Å². The summed E-state index contributed by atoms with van der Waals surface area (Å²) in [6, 6.07) is 23.9. The fourth-order valence-corrected chi connectivity index (χ4v) is 5.21. The highest BCUT2D eigenvalue weighted by Crippen LogP contribution is 2.31. The number of benzene rings is 2. The third kappa shape index (κ3) is 6.19. The highest BCUT2D eigenvalue weighted by Gasteiger charge is 2.33. The van der Waals surface area contributed by atoms with Crippen LogP contribution >= 0.6 is 0 Å². The third-order valence-electron chi connectivity index (χ3n) is 7.67. The van der Waals surface area contributed by atoms with Crippen LogP contribution in [0.1, 0.15) is 24.1 Å². The molecule has 4 aromatic heterocycles. The normalized spacial score (nSPS) is 15.8. The first-order valence-corrected chi connectivity index (χ1v) is 14.5. The molecule has 2 aromatic carbocycles. The van der Waals surface area contributed by atoms with Crippen LogP contribution in [-0.2, 0) is 11.3 Å². The molecule has 1 N–H and O–H groups in total. The summed E-state index contributed by atoms with van der Waals surface area (Å²) in [6.45, 7) is 0.819. The number of H-pyrrole nitrogens is 1. The number of nitrogens with one attached hydrogen (secondary N) is 1. The maximum atomic E-state index is 6.09. The van der Waals surface area contributed by atoms with E-state index in [1.807, 2.05) is 67.0 Å². The smallest absolute Gasteiger partial charge is 0.213 e. The Kier molecular flexibility index (Phi) is 7.77. The second kappa shape index (κ2) is 12.5. The Morgan fingerprint density at radius 3 is 2.41 bits per heavy atom. The first kappa shape index (κ1) is 27.4. The maximum absolute atomic E-state index is 6.09. The van der Waals surface area contributed by atoms with Crippen LogP contribution in [0.5, 0.6) is 17.4 Å².